The Kier molecular flexibility index (Phi) is 7.01. The second kappa shape index (κ2) is 10.3. The molecule has 0 atom stereocenters. The number of pyridine rings is 1. The van der Waals surface area contributed by atoms with Crippen LogP contribution in [-0.2, 0) is 4.74 Å². The van der Waals surface area contributed by atoms with Crippen LogP contribution in [0, 0.1) is 0 Å². The van der Waals surface area contributed by atoms with Crippen molar-refractivity contribution in [3.8, 4) is 5.75 Å². The smallest absolute Gasteiger partial charge is 0.434 e. The summed E-state index contributed by atoms with van der Waals surface area (Å²) in [5.41, 5.74) is 1.13. The lowest BCUT2D eigenvalue weighted by atomic mass is 10.1. The first-order valence-electron chi connectivity index (χ1n) is 11.2. The van der Waals surface area contributed by atoms with Crippen molar-refractivity contribution in [2.45, 2.75) is 57.9 Å². The van der Waals surface area contributed by atoms with Gasteiger partial charge in [0.25, 0.3) is 0 Å². The van der Waals surface area contributed by atoms with Crippen molar-refractivity contribution in [2.24, 2.45) is 0 Å². The predicted octanol–water partition coefficient (Wildman–Crippen LogP) is 4.50. The van der Waals surface area contributed by atoms with Crippen LogP contribution in [-0.4, -0.2) is 46.8 Å². The van der Waals surface area contributed by atoms with Crippen molar-refractivity contribution in [3.63, 3.8) is 0 Å². The Morgan fingerprint density at radius 2 is 1.90 bits per heavy atom. The third-order valence-corrected chi connectivity index (χ3v) is 5.62. The van der Waals surface area contributed by atoms with Crippen molar-refractivity contribution < 1.29 is 14.3 Å². The summed E-state index contributed by atoms with van der Waals surface area (Å²) in [4.78, 5) is 27.5. The van der Waals surface area contributed by atoms with Gasteiger partial charge in [-0.2, -0.15) is 4.98 Å². The summed E-state index contributed by atoms with van der Waals surface area (Å²) in [5, 5.41) is 6.53. The van der Waals surface area contributed by atoms with Gasteiger partial charge in [-0.3, -0.25) is 0 Å². The van der Waals surface area contributed by atoms with Gasteiger partial charge in [-0.1, -0.05) is 12.8 Å². The van der Waals surface area contributed by atoms with Crippen LogP contribution in [0.2, 0.25) is 0 Å². The molecule has 1 aliphatic heterocycles. The normalized spacial score (nSPS) is 16.7. The highest BCUT2D eigenvalue weighted by Gasteiger charge is 2.20. The van der Waals surface area contributed by atoms with Crippen LogP contribution >= 0.6 is 0 Å². The van der Waals surface area contributed by atoms with Gasteiger partial charge in [0.1, 0.15) is 5.82 Å². The SMILES string of the molecule is CCOC(=O)Oc1cnc(Nc2ccc(N3CCCCC3)cn2)nc1NC1CCCC1. The zero-order valence-electron chi connectivity index (χ0n) is 18.0. The molecule has 2 aromatic rings. The highest BCUT2D eigenvalue weighted by atomic mass is 16.7. The number of hydrogen-bond donors (Lipinski definition) is 2. The fraction of sp³-hybridized carbons (Fsp3) is 0.545. The van der Waals surface area contributed by atoms with Crippen LogP contribution in [0.4, 0.5) is 28.1 Å². The first-order valence-corrected chi connectivity index (χ1v) is 11.2. The lowest BCUT2D eigenvalue weighted by Gasteiger charge is -2.28. The van der Waals surface area contributed by atoms with Gasteiger partial charge in [0.15, 0.2) is 11.6 Å². The molecule has 2 aromatic heterocycles. The number of rotatable bonds is 7. The van der Waals surface area contributed by atoms with E-state index in [1.807, 2.05) is 12.3 Å². The van der Waals surface area contributed by atoms with Crippen LogP contribution in [0.25, 0.3) is 0 Å². The van der Waals surface area contributed by atoms with Crippen molar-refractivity contribution >= 4 is 29.4 Å². The number of carbonyl (C=O) groups excluding carboxylic acids is 1. The monoisotopic (exact) mass is 426 g/mol. The van der Waals surface area contributed by atoms with E-state index in [2.05, 4.69) is 36.6 Å². The van der Waals surface area contributed by atoms with Crippen molar-refractivity contribution in [1.29, 1.82) is 0 Å². The lowest BCUT2D eigenvalue weighted by Crippen LogP contribution is -2.29. The average molecular weight is 427 g/mol. The van der Waals surface area contributed by atoms with Crippen molar-refractivity contribution in [3.05, 3.63) is 24.5 Å². The molecule has 1 saturated carbocycles. The molecule has 2 N–H and O–H groups in total. The summed E-state index contributed by atoms with van der Waals surface area (Å²) in [6.07, 6.45) is 10.8. The molecule has 0 aromatic carbocycles. The maximum absolute atomic E-state index is 11.8. The zero-order chi connectivity index (χ0) is 21.5. The van der Waals surface area contributed by atoms with Crippen molar-refractivity contribution in [1.82, 2.24) is 15.0 Å². The first-order chi connectivity index (χ1) is 15.2. The van der Waals surface area contributed by atoms with Crippen LogP contribution in [0.3, 0.4) is 0 Å². The van der Waals surface area contributed by atoms with E-state index in [-0.39, 0.29) is 12.4 Å². The third-order valence-electron chi connectivity index (χ3n) is 5.62. The Bertz CT molecular complexity index is 864. The number of ether oxygens (including phenoxy) is 2. The Morgan fingerprint density at radius 1 is 1.10 bits per heavy atom. The number of piperidine rings is 1. The Balaban J connectivity index is 1.47. The van der Waals surface area contributed by atoms with Crippen LogP contribution in [0.15, 0.2) is 24.5 Å². The molecule has 166 valence electrons. The number of nitrogens with zero attached hydrogens (tertiary/aromatic N) is 4. The second-order valence-corrected chi connectivity index (χ2v) is 7.89. The van der Waals surface area contributed by atoms with E-state index >= 15 is 0 Å². The molecule has 3 heterocycles. The molecule has 0 radical (unpaired) electrons. The number of aromatic nitrogens is 3. The molecule has 0 amide bonds. The Morgan fingerprint density at radius 3 is 2.61 bits per heavy atom. The van der Waals surface area contributed by atoms with E-state index in [9.17, 15) is 4.79 Å². The van der Waals surface area contributed by atoms with Crippen LogP contribution in [0.1, 0.15) is 51.9 Å². The van der Waals surface area contributed by atoms with Gasteiger partial charge in [-0.25, -0.2) is 14.8 Å². The third kappa shape index (κ3) is 5.74. The van der Waals surface area contributed by atoms with Crippen LogP contribution in [0.5, 0.6) is 5.75 Å². The minimum absolute atomic E-state index is 0.240. The Labute approximate surface area is 182 Å². The van der Waals surface area contributed by atoms with E-state index < -0.39 is 6.16 Å². The molecule has 0 unspecified atom stereocenters. The molecule has 1 saturated heterocycles. The van der Waals surface area contributed by atoms with E-state index in [0.29, 0.717) is 23.6 Å². The van der Waals surface area contributed by atoms with Gasteiger partial charge in [0, 0.05) is 19.1 Å². The van der Waals surface area contributed by atoms with Crippen molar-refractivity contribution in [2.75, 3.05) is 35.2 Å². The van der Waals surface area contributed by atoms with Gasteiger partial charge in [-0.05, 0) is 51.2 Å². The number of carbonyl (C=O) groups is 1. The number of anilines is 4. The Hall–Kier alpha value is -3.10. The molecule has 1 aliphatic carbocycles. The molecular weight excluding hydrogens is 396 g/mol. The summed E-state index contributed by atoms with van der Waals surface area (Å²) in [6.45, 7) is 4.13. The van der Waals surface area contributed by atoms with Gasteiger partial charge >= 0.3 is 6.16 Å². The topological polar surface area (TPSA) is 102 Å². The summed E-state index contributed by atoms with van der Waals surface area (Å²) in [5.74, 6) is 1.77. The average Bonchev–Trinajstić information content (AvgIpc) is 3.30. The maximum Gasteiger partial charge on any atom is 0.514 e. The highest BCUT2D eigenvalue weighted by Crippen LogP contribution is 2.29. The minimum atomic E-state index is -0.767. The molecule has 4 rings (SSSR count). The molecule has 0 spiro atoms. The second-order valence-electron chi connectivity index (χ2n) is 7.89. The quantitative estimate of drug-likeness (QED) is 0.620. The van der Waals surface area contributed by atoms with Crippen LogP contribution < -0.4 is 20.3 Å². The number of hydrogen-bond acceptors (Lipinski definition) is 9. The van der Waals surface area contributed by atoms with E-state index in [1.54, 1.807) is 6.92 Å². The summed E-state index contributed by atoms with van der Waals surface area (Å²) < 4.78 is 10.2. The van der Waals surface area contributed by atoms with E-state index in [4.69, 9.17) is 9.47 Å². The summed E-state index contributed by atoms with van der Waals surface area (Å²) in [7, 11) is 0. The number of nitrogens with one attached hydrogen (secondary N) is 2. The first kappa shape index (κ1) is 21.1. The molecular formula is C22H30N6O3. The van der Waals surface area contributed by atoms with E-state index in [0.717, 1.165) is 31.6 Å². The zero-order valence-corrected chi connectivity index (χ0v) is 18.0. The highest BCUT2D eigenvalue weighted by molar-refractivity contribution is 5.68. The molecule has 2 aliphatic rings. The molecule has 0 bridgehead atoms. The van der Waals surface area contributed by atoms with Gasteiger partial charge in [-0.15, -0.1) is 0 Å². The molecule has 9 nitrogen and oxygen atoms in total. The fourth-order valence-electron chi connectivity index (χ4n) is 4.02. The maximum atomic E-state index is 11.8. The largest absolute Gasteiger partial charge is 0.514 e. The lowest BCUT2D eigenvalue weighted by molar-refractivity contribution is 0.104. The fourth-order valence-corrected chi connectivity index (χ4v) is 4.02. The molecule has 2 fully saturated rings. The predicted molar refractivity (Wildman–Crippen MR) is 119 cm³/mol. The molecule has 31 heavy (non-hydrogen) atoms. The minimum Gasteiger partial charge on any atom is -0.434 e. The van der Waals surface area contributed by atoms with Gasteiger partial charge in [0.05, 0.1) is 24.7 Å². The summed E-state index contributed by atoms with van der Waals surface area (Å²) >= 11 is 0. The standard InChI is InChI=1S/C22H30N6O3/c1-2-30-22(29)31-18-15-24-21(27-20(18)25-16-8-4-5-9-16)26-19-11-10-17(14-23-19)28-12-6-3-7-13-28/h10-11,14-16H,2-9,12-13H2,1H3,(H2,23,24,25,26,27). The van der Waals surface area contributed by atoms with Gasteiger partial charge < -0.3 is 25.0 Å². The van der Waals surface area contributed by atoms with E-state index in [1.165, 1.54) is 38.3 Å². The summed E-state index contributed by atoms with van der Waals surface area (Å²) in [6, 6.07) is 4.30. The van der Waals surface area contributed by atoms with Gasteiger partial charge in [0.2, 0.25) is 5.95 Å². The molecule has 9 heteroatoms.